The van der Waals surface area contributed by atoms with E-state index >= 15 is 17.6 Å². The topological polar surface area (TPSA) is 143 Å². The van der Waals surface area contributed by atoms with Gasteiger partial charge in [-0.3, -0.25) is 9.59 Å². The van der Waals surface area contributed by atoms with Crippen molar-refractivity contribution in [1.29, 1.82) is 0 Å². The van der Waals surface area contributed by atoms with Crippen molar-refractivity contribution < 1.29 is 45.5 Å². The zero-order valence-electron chi connectivity index (χ0n) is 42.0. The number of H-pyrrole nitrogens is 2. The zero-order chi connectivity index (χ0) is 52.3. The average molecular weight is 1030 g/mol. The van der Waals surface area contributed by atoms with Crippen molar-refractivity contribution in [3.05, 3.63) is 124 Å². The van der Waals surface area contributed by atoms with Gasteiger partial charge in [0.15, 0.2) is 11.6 Å². The molecule has 0 bridgehead atoms. The monoisotopic (exact) mass is 1020 g/mol. The summed E-state index contributed by atoms with van der Waals surface area (Å²) in [5.74, 6) is -4.36. The Morgan fingerprint density at radius 3 is 1.72 bits per heavy atom. The molecule has 19 heteroatoms. The lowest BCUT2D eigenvalue weighted by Gasteiger charge is -2.36. The molecule has 2 aromatic heterocycles. The fourth-order valence-corrected chi connectivity index (χ4v) is 11.9. The number of aromatic amines is 2. The summed E-state index contributed by atoms with van der Waals surface area (Å²) in [7, 11) is 1.22. The predicted octanol–water partition coefficient (Wildman–Crippen LogP) is 11.3. The van der Waals surface area contributed by atoms with Crippen LogP contribution in [0.4, 0.5) is 42.5 Å². The molecule has 0 unspecified atom stereocenters. The molecule has 4 aliphatic heterocycles. The maximum absolute atomic E-state index is 16.9. The lowest BCUT2D eigenvalue weighted by molar-refractivity contribution is -0.135. The van der Waals surface area contributed by atoms with Crippen LogP contribution in [0.15, 0.2) is 54.6 Å². The number of imidazole rings is 2. The Labute approximate surface area is 425 Å². The summed E-state index contributed by atoms with van der Waals surface area (Å²) in [6.45, 7) is 8.83. The van der Waals surface area contributed by atoms with Gasteiger partial charge >= 0.3 is 6.09 Å². The summed E-state index contributed by atoms with van der Waals surface area (Å²) < 4.78 is 100. The van der Waals surface area contributed by atoms with Crippen LogP contribution in [0.3, 0.4) is 0 Å². The fraction of sp³-hybridized carbons (Fsp3) is 0.455. The van der Waals surface area contributed by atoms with Gasteiger partial charge in [0.05, 0.1) is 59.8 Å². The zero-order valence-corrected chi connectivity index (χ0v) is 42.0. The number of hydrogen-bond acceptors (Lipinski definition) is 8. The molecule has 1 radical (unpaired) electrons. The normalized spacial score (nSPS) is 21.0. The first-order valence-corrected chi connectivity index (χ1v) is 25.6. The Morgan fingerprint density at radius 2 is 1.19 bits per heavy atom. The summed E-state index contributed by atoms with van der Waals surface area (Å²) in [6.07, 6.45) is 4.79. The van der Waals surface area contributed by atoms with E-state index in [2.05, 4.69) is 15.3 Å². The first kappa shape index (κ1) is 50.7. The molecule has 74 heavy (non-hydrogen) atoms. The highest BCUT2D eigenvalue weighted by atomic mass is 19.2. The molecule has 10 rings (SSSR count). The predicted molar refractivity (Wildman–Crippen MR) is 267 cm³/mol. The number of likely N-dealkylation sites (tertiary alicyclic amines) is 2. The maximum Gasteiger partial charge on any atom is 0.407 e. The average Bonchev–Trinajstić information content (AvgIpc) is 4.22. The quantitative estimate of drug-likeness (QED) is 0.103. The SMILES string of the molecule is COC(=O)N[C@H](C(=O)N1CCC[C@H]1c1nc2cc([C@H]3CC[C@H](c4cc5nc([C@@H]6CCCN6C(=O)[CH]C(C)C)[nH]c5cc4F)N3c3cc(F)c(N4CCC(c5ccc(F)cc5F)CC4)c(F)c3)c(F)cc2[nH]1)C(C)C. The number of carbonyl (C=O) groups excluding carboxylic acids is 3. The van der Waals surface area contributed by atoms with Crippen LogP contribution in [0.2, 0.25) is 0 Å². The van der Waals surface area contributed by atoms with Gasteiger partial charge in [-0.05, 0) is 117 Å². The number of piperidine rings is 1. The third kappa shape index (κ3) is 9.62. The van der Waals surface area contributed by atoms with E-state index < -0.39 is 65.2 Å². The van der Waals surface area contributed by atoms with E-state index in [1.54, 1.807) is 38.2 Å². The molecule has 5 atom stereocenters. The van der Waals surface area contributed by atoms with Crippen LogP contribution in [0.1, 0.15) is 137 Å². The van der Waals surface area contributed by atoms with Crippen LogP contribution >= 0.6 is 0 Å². The van der Waals surface area contributed by atoms with E-state index in [1.165, 1.54) is 43.5 Å². The van der Waals surface area contributed by atoms with Crippen LogP contribution in [-0.4, -0.2) is 87.0 Å². The van der Waals surface area contributed by atoms with Crippen molar-refractivity contribution in [2.75, 3.05) is 43.1 Å². The molecule has 13 nitrogen and oxygen atoms in total. The van der Waals surface area contributed by atoms with Gasteiger partial charge in [0.2, 0.25) is 11.8 Å². The van der Waals surface area contributed by atoms with E-state index in [-0.39, 0.29) is 84.0 Å². The van der Waals surface area contributed by atoms with E-state index in [0.29, 0.717) is 84.5 Å². The number of hydrogen-bond donors (Lipinski definition) is 3. The molecule has 3 amide bonds. The number of nitrogens with one attached hydrogen (secondary N) is 3. The molecule has 391 valence electrons. The number of halogens is 6. The smallest absolute Gasteiger partial charge is 0.407 e. The molecule has 4 saturated heterocycles. The lowest BCUT2D eigenvalue weighted by Crippen LogP contribution is -2.51. The molecule has 6 heterocycles. The van der Waals surface area contributed by atoms with Crippen molar-refractivity contribution >= 4 is 51.3 Å². The van der Waals surface area contributed by atoms with Crippen LogP contribution in [0.25, 0.3) is 22.1 Å². The van der Waals surface area contributed by atoms with Gasteiger partial charge in [-0.2, -0.15) is 0 Å². The minimum absolute atomic E-state index is 0.0419. The minimum atomic E-state index is -0.890. The van der Waals surface area contributed by atoms with Crippen LogP contribution in [-0.2, 0) is 14.3 Å². The highest BCUT2D eigenvalue weighted by Crippen LogP contribution is 2.50. The second-order valence-electron chi connectivity index (χ2n) is 20.9. The van der Waals surface area contributed by atoms with Crippen molar-refractivity contribution in [3.63, 3.8) is 0 Å². The maximum atomic E-state index is 16.9. The van der Waals surface area contributed by atoms with E-state index in [1.807, 2.05) is 27.7 Å². The number of amides is 3. The summed E-state index contributed by atoms with van der Waals surface area (Å²) in [6, 6.07) is 8.18. The van der Waals surface area contributed by atoms with E-state index in [0.717, 1.165) is 12.5 Å². The highest BCUT2D eigenvalue weighted by Gasteiger charge is 2.42. The molecular formula is C55H60F6N9O4. The number of benzene rings is 4. The Balaban J connectivity index is 0.997. The number of carbonyl (C=O) groups is 3. The fourth-order valence-electron chi connectivity index (χ4n) is 11.9. The van der Waals surface area contributed by atoms with E-state index in [4.69, 9.17) is 14.7 Å². The number of nitrogens with zero attached hydrogens (tertiary/aromatic N) is 6. The van der Waals surface area contributed by atoms with Gasteiger partial charge in [-0.15, -0.1) is 0 Å². The first-order chi connectivity index (χ1) is 35.5. The van der Waals surface area contributed by atoms with Crippen molar-refractivity contribution in [2.45, 2.75) is 115 Å². The molecule has 4 fully saturated rings. The number of aromatic nitrogens is 4. The number of rotatable bonds is 12. The summed E-state index contributed by atoms with van der Waals surface area (Å²) in [5, 5.41) is 2.64. The number of methoxy groups -OCH3 is 1. The molecule has 3 N–H and O–H groups in total. The molecule has 4 aliphatic rings. The Kier molecular flexibility index (Phi) is 14.0. The molecule has 0 saturated carbocycles. The van der Waals surface area contributed by atoms with Crippen LogP contribution < -0.4 is 15.1 Å². The molecule has 0 aliphatic carbocycles. The van der Waals surface area contributed by atoms with Gasteiger partial charge in [0.1, 0.15) is 46.6 Å². The number of fused-ring (bicyclic) bond motifs is 2. The third-order valence-electron chi connectivity index (χ3n) is 15.4. The van der Waals surface area contributed by atoms with Crippen molar-refractivity contribution in [2.24, 2.45) is 11.8 Å². The van der Waals surface area contributed by atoms with Gasteiger partial charge in [0.25, 0.3) is 0 Å². The standard InChI is InChI=1S/C55H60F6N9O4/c1-28(2)20-49(71)68-16-6-8-47(68)52-62-41-24-34(37(58)26-43(41)64-52)45-12-13-46(70(45)32-22-39(60)51(40(61)23-32)67-18-14-30(15-19-67)33-11-10-31(56)21-36(33)57)35-25-42-44(27-38(35)59)65-53(63-42)48-9-7-17-69(48)54(72)50(29(3)4)66-55(73)74-5/h10-11,20-30,45-48,50H,6-9,12-19H2,1-5H3,(H,62,64)(H,63,65)(H,66,73)/t45-,46-,47+,48+,50+/m1/s1. The highest BCUT2D eigenvalue weighted by molar-refractivity contribution is 5.87. The van der Waals surface area contributed by atoms with Crippen LogP contribution in [0, 0.1) is 53.2 Å². The van der Waals surface area contributed by atoms with Gasteiger partial charge in [0, 0.05) is 49.1 Å². The summed E-state index contributed by atoms with van der Waals surface area (Å²) >= 11 is 0. The minimum Gasteiger partial charge on any atom is -0.453 e. The Bertz CT molecular complexity index is 3090. The second-order valence-corrected chi connectivity index (χ2v) is 20.9. The molecule has 6 aromatic rings. The first-order valence-electron chi connectivity index (χ1n) is 25.6. The third-order valence-corrected chi connectivity index (χ3v) is 15.4. The Hall–Kier alpha value is -6.79. The lowest BCUT2D eigenvalue weighted by atomic mass is 9.89. The second kappa shape index (κ2) is 20.5. The van der Waals surface area contributed by atoms with Gasteiger partial charge < -0.3 is 39.6 Å². The molecular weight excluding hydrogens is 965 g/mol. The largest absolute Gasteiger partial charge is 0.453 e. The molecule has 4 aromatic carbocycles. The van der Waals surface area contributed by atoms with Crippen molar-refractivity contribution in [3.8, 4) is 0 Å². The Morgan fingerprint density at radius 1 is 0.649 bits per heavy atom. The van der Waals surface area contributed by atoms with Crippen LogP contribution in [0.5, 0.6) is 0 Å². The number of anilines is 2. The summed E-state index contributed by atoms with van der Waals surface area (Å²) in [4.78, 5) is 62.2. The molecule has 0 spiro atoms. The summed E-state index contributed by atoms with van der Waals surface area (Å²) in [5.41, 5.74) is 2.04. The van der Waals surface area contributed by atoms with Gasteiger partial charge in [-0.1, -0.05) is 33.8 Å². The van der Waals surface area contributed by atoms with Gasteiger partial charge in [-0.25, -0.2) is 41.1 Å². The number of ether oxygens (including phenoxy) is 1. The number of alkyl carbamates (subject to hydrolysis) is 1. The van der Waals surface area contributed by atoms with E-state index in [9.17, 15) is 23.2 Å². The van der Waals surface area contributed by atoms with Crippen molar-refractivity contribution in [1.82, 2.24) is 35.1 Å².